The standard InChI is InChI=1S/C16H20N2O2S/c1-11(8-9-12-6-4-3-5-7-12)18-14-10-13(17)15(21-14)16(19)20-2/h3-7,10-11,18H,8-9,17H2,1-2H3. The number of methoxy groups -OCH3 is 1. The van der Waals surface area contributed by atoms with Gasteiger partial charge in [-0.1, -0.05) is 30.3 Å². The van der Waals surface area contributed by atoms with Gasteiger partial charge in [0, 0.05) is 6.04 Å². The molecule has 1 aromatic heterocycles. The highest BCUT2D eigenvalue weighted by atomic mass is 32.1. The molecule has 3 N–H and O–H groups in total. The number of esters is 1. The van der Waals surface area contributed by atoms with Crippen LogP contribution < -0.4 is 11.1 Å². The van der Waals surface area contributed by atoms with Gasteiger partial charge in [0.15, 0.2) is 0 Å². The van der Waals surface area contributed by atoms with Crippen LogP contribution in [0.15, 0.2) is 36.4 Å². The average molecular weight is 304 g/mol. The second-order valence-corrected chi connectivity index (χ2v) is 6.01. The fraction of sp³-hybridized carbons (Fsp3) is 0.312. The lowest BCUT2D eigenvalue weighted by Gasteiger charge is -2.13. The van der Waals surface area contributed by atoms with Gasteiger partial charge in [0.05, 0.1) is 17.8 Å². The Morgan fingerprint density at radius 1 is 1.38 bits per heavy atom. The SMILES string of the molecule is COC(=O)c1sc(NC(C)CCc2ccccc2)cc1N. The second kappa shape index (κ2) is 7.13. The van der Waals surface area contributed by atoms with E-state index in [0.29, 0.717) is 16.6 Å². The van der Waals surface area contributed by atoms with Crippen molar-refractivity contribution in [3.8, 4) is 0 Å². The number of thiophene rings is 1. The zero-order valence-electron chi connectivity index (χ0n) is 12.3. The molecule has 0 bridgehead atoms. The van der Waals surface area contributed by atoms with Gasteiger partial charge in [-0.15, -0.1) is 11.3 Å². The Bertz CT molecular complexity index is 596. The Morgan fingerprint density at radius 3 is 2.76 bits per heavy atom. The van der Waals surface area contributed by atoms with Gasteiger partial charge in [-0.3, -0.25) is 0 Å². The Hall–Kier alpha value is -2.01. The molecule has 112 valence electrons. The minimum atomic E-state index is -0.387. The molecule has 1 atom stereocenters. The highest BCUT2D eigenvalue weighted by Gasteiger charge is 2.15. The Labute approximate surface area is 128 Å². The Morgan fingerprint density at radius 2 is 2.10 bits per heavy atom. The number of nitrogens with one attached hydrogen (secondary N) is 1. The van der Waals surface area contributed by atoms with E-state index in [4.69, 9.17) is 10.5 Å². The fourth-order valence-electron chi connectivity index (χ4n) is 2.07. The van der Waals surface area contributed by atoms with Crippen LogP contribution in [0, 0.1) is 0 Å². The van der Waals surface area contributed by atoms with E-state index >= 15 is 0 Å². The number of nitrogens with two attached hydrogens (primary N) is 1. The van der Waals surface area contributed by atoms with Crippen LogP contribution in [0.2, 0.25) is 0 Å². The van der Waals surface area contributed by atoms with E-state index < -0.39 is 0 Å². The van der Waals surface area contributed by atoms with Crippen molar-refractivity contribution in [2.45, 2.75) is 25.8 Å². The largest absolute Gasteiger partial charge is 0.465 e. The topological polar surface area (TPSA) is 64.3 Å². The third-order valence-electron chi connectivity index (χ3n) is 3.23. The number of rotatable bonds is 6. The number of carbonyl (C=O) groups is 1. The molecule has 4 nitrogen and oxygen atoms in total. The van der Waals surface area contributed by atoms with Crippen molar-refractivity contribution in [2.75, 3.05) is 18.2 Å². The molecule has 0 aliphatic rings. The van der Waals surface area contributed by atoms with E-state index in [1.807, 2.05) is 6.07 Å². The van der Waals surface area contributed by atoms with Gasteiger partial charge < -0.3 is 15.8 Å². The smallest absolute Gasteiger partial charge is 0.350 e. The van der Waals surface area contributed by atoms with Crippen LogP contribution in [0.1, 0.15) is 28.6 Å². The predicted molar refractivity (Wildman–Crippen MR) is 87.9 cm³/mol. The van der Waals surface area contributed by atoms with E-state index in [9.17, 15) is 4.79 Å². The van der Waals surface area contributed by atoms with Crippen molar-refractivity contribution < 1.29 is 9.53 Å². The van der Waals surface area contributed by atoms with E-state index in [2.05, 4.69) is 36.5 Å². The first-order valence-electron chi connectivity index (χ1n) is 6.88. The molecule has 21 heavy (non-hydrogen) atoms. The van der Waals surface area contributed by atoms with Gasteiger partial charge >= 0.3 is 5.97 Å². The molecule has 0 saturated carbocycles. The maximum absolute atomic E-state index is 11.5. The molecule has 0 aliphatic heterocycles. The molecule has 1 unspecified atom stereocenters. The van der Waals surface area contributed by atoms with Gasteiger partial charge in [0.2, 0.25) is 0 Å². The minimum Gasteiger partial charge on any atom is -0.465 e. The number of nitrogen functional groups attached to an aromatic ring is 1. The van der Waals surface area contributed by atoms with Crippen molar-refractivity contribution in [1.29, 1.82) is 0 Å². The summed E-state index contributed by atoms with van der Waals surface area (Å²) in [5, 5.41) is 4.28. The zero-order chi connectivity index (χ0) is 15.2. The lowest BCUT2D eigenvalue weighted by atomic mass is 10.1. The summed E-state index contributed by atoms with van der Waals surface area (Å²) >= 11 is 1.33. The summed E-state index contributed by atoms with van der Waals surface area (Å²) < 4.78 is 4.70. The number of hydrogen-bond donors (Lipinski definition) is 2. The van der Waals surface area contributed by atoms with Gasteiger partial charge in [0.1, 0.15) is 4.88 Å². The van der Waals surface area contributed by atoms with Gasteiger partial charge in [0.25, 0.3) is 0 Å². The van der Waals surface area contributed by atoms with Crippen LogP contribution in [-0.2, 0) is 11.2 Å². The van der Waals surface area contributed by atoms with E-state index in [1.165, 1.54) is 24.0 Å². The summed E-state index contributed by atoms with van der Waals surface area (Å²) in [6.45, 7) is 2.12. The molecular formula is C16H20N2O2S. The molecule has 0 saturated heterocycles. The highest BCUT2D eigenvalue weighted by molar-refractivity contribution is 7.18. The van der Waals surface area contributed by atoms with E-state index in [0.717, 1.165) is 17.8 Å². The van der Waals surface area contributed by atoms with Crippen LogP contribution in [0.5, 0.6) is 0 Å². The number of ether oxygens (including phenoxy) is 1. The van der Waals surface area contributed by atoms with Crippen LogP contribution in [0.25, 0.3) is 0 Å². The molecule has 1 heterocycles. The maximum atomic E-state index is 11.5. The number of anilines is 2. The fourth-order valence-corrected chi connectivity index (χ4v) is 3.08. The molecule has 0 spiro atoms. The van der Waals surface area contributed by atoms with Crippen LogP contribution >= 0.6 is 11.3 Å². The van der Waals surface area contributed by atoms with Gasteiger partial charge in [-0.05, 0) is 31.4 Å². The Kier molecular flexibility index (Phi) is 5.22. The minimum absolute atomic E-state index is 0.300. The summed E-state index contributed by atoms with van der Waals surface area (Å²) in [6, 6.07) is 12.5. The summed E-state index contributed by atoms with van der Waals surface area (Å²) in [7, 11) is 1.36. The monoisotopic (exact) mass is 304 g/mol. The summed E-state index contributed by atoms with van der Waals surface area (Å²) in [5.41, 5.74) is 7.62. The van der Waals surface area contributed by atoms with Gasteiger partial charge in [-0.25, -0.2) is 4.79 Å². The average Bonchev–Trinajstić information content (AvgIpc) is 2.86. The molecule has 2 rings (SSSR count). The lowest BCUT2D eigenvalue weighted by Crippen LogP contribution is -2.15. The van der Waals surface area contributed by atoms with Crippen molar-refractivity contribution in [2.24, 2.45) is 0 Å². The first kappa shape index (κ1) is 15.4. The second-order valence-electron chi connectivity index (χ2n) is 4.96. The molecule has 1 aromatic carbocycles. The zero-order valence-corrected chi connectivity index (χ0v) is 13.1. The number of benzene rings is 1. The van der Waals surface area contributed by atoms with Crippen molar-refractivity contribution in [3.63, 3.8) is 0 Å². The Balaban J connectivity index is 1.91. The summed E-state index contributed by atoms with van der Waals surface area (Å²) in [4.78, 5) is 12.0. The number of hydrogen-bond acceptors (Lipinski definition) is 5. The van der Waals surface area contributed by atoms with Crippen LogP contribution in [0.4, 0.5) is 10.7 Å². The van der Waals surface area contributed by atoms with Crippen molar-refractivity contribution >= 4 is 28.0 Å². The molecule has 0 radical (unpaired) electrons. The molecular weight excluding hydrogens is 284 g/mol. The quantitative estimate of drug-likeness (QED) is 0.801. The predicted octanol–water partition coefficient (Wildman–Crippen LogP) is 3.55. The summed E-state index contributed by atoms with van der Waals surface area (Å²) in [5.74, 6) is -0.387. The lowest BCUT2D eigenvalue weighted by molar-refractivity contribution is 0.0607. The third-order valence-corrected chi connectivity index (χ3v) is 4.29. The maximum Gasteiger partial charge on any atom is 0.350 e. The number of aryl methyl sites for hydroxylation is 1. The third kappa shape index (κ3) is 4.23. The molecule has 5 heteroatoms. The molecule has 0 aliphatic carbocycles. The van der Waals surface area contributed by atoms with Gasteiger partial charge in [-0.2, -0.15) is 0 Å². The van der Waals surface area contributed by atoms with Crippen molar-refractivity contribution in [3.05, 3.63) is 46.8 Å². The van der Waals surface area contributed by atoms with E-state index in [1.54, 1.807) is 6.07 Å². The first-order chi connectivity index (χ1) is 10.1. The van der Waals surface area contributed by atoms with Crippen molar-refractivity contribution in [1.82, 2.24) is 0 Å². The number of carbonyl (C=O) groups excluding carboxylic acids is 1. The molecule has 2 aromatic rings. The first-order valence-corrected chi connectivity index (χ1v) is 7.70. The summed E-state index contributed by atoms with van der Waals surface area (Å²) in [6.07, 6.45) is 2.02. The normalized spacial score (nSPS) is 11.9. The van der Waals surface area contributed by atoms with Crippen LogP contribution in [-0.4, -0.2) is 19.1 Å². The van der Waals surface area contributed by atoms with Crippen LogP contribution in [0.3, 0.4) is 0 Å². The molecule has 0 amide bonds. The molecule has 0 fully saturated rings. The van der Waals surface area contributed by atoms with E-state index in [-0.39, 0.29) is 5.97 Å². The highest BCUT2D eigenvalue weighted by Crippen LogP contribution is 2.30.